The van der Waals surface area contributed by atoms with Crippen LogP contribution in [0.4, 0.5) is 0 Å². The van der Waals surface area contributed by atoms with Gasteiger partial charge in [0.25, 0.3) is 0 Å². The normalized spacial score (nSPS) is 16.9. The second-order valence-electron chi connectivity index (χ2n) is 6.97. The van der Waals surface area contributed by atoms with Crippen molar-refractivity contribution in [3.05, 3.63) is 73.7 Å². The summed E-state index contributed by atoms with van der Waals surface area (Å²) in [6.07, 6.45) is 4.35. The van der Waals surface area contributed by atoms with E-state index in [-0.39, 0.29) is 0 Å². The molecule has 0 N–H and O–H groups in total. The Kier molecular flexibility index (Phi) is 5.11. The number of halogens is 3. The van der Waals surface area contributed by atoms with E-state index in [0.29, 0.717) is 0 Å². The predicted octanol–water partition coefficient (Wildman–Crippen LogP) is 6.30. The third-order valence-electron chi connectivity index (χ3n) is 5.18. The van der Waals surface area contributed by atoms with E-state index in [4.69, 9.17) is 34.8 Å². The molecule has 4 heteroatoms. The van der Waals surface area contributed by atoms with Gasteiger partial charge in [-0.3, -0.25) is 4.90 Å². The molecular weight excluding hydrogens is 373 g/mol. The smallest absolute Gasteiger partial charge is 0.0423 e. The zero-order chi connectivity index (χ0) is 17.4. The van der Waals surface area contributed by atoms with Gasteiger partial charge in [-0.15, -0.1) is 0 Å². The van der Waals surface area contributed by atoms with E-state index in [1.54, 1.807) is 11.6 Å². The van der Waals surface area contributed by atoms with Gasteiger partial charge >= 0.3 is 0 Å². The lowest BCUT2D eigenvalue weighted by Crippen LogP contribution is -2.32. The van der Waals surface area contributed by atoms with Gasteiger partial charge in [0, 0.05) is 28.2 Å². The largest absolute Gasteiger partial charge is 0.299 e. The molecule has 0 atom stereocenters. The quantitative estimate of drug-likeness (QED) is 0.590. The number of rotatable bonds is 4. The SMILES string of the molecule is Clc1cc(Cl)cc(CCCN2CCC3=C(Cc4ccc(Cl)cc43)C2)c1. The summed E-state index contributed by atoms with van der Waals surface area (Å²) < 4.78 is 0. The van der Waals surface area contributed by atoms with Crippen LogP contribution >= 0.6 is 34.8 Å². The van der Waals surface area contributed by atoms with Gasteiger partial charge in [0.2, 0.25) is 0 Å². The van der Waals surface area contributed by atoms with Crippen LogP contribution in [-0.4, -0.2) is 24.5 Å². The lowest BCUT2D eigenvalue weighted by Gasteiger charge is -2.28. The van der Waals surface area contributed by atoms with Crippen LogP contribution < -0.4 is 0 Å². The molecular formula is C21H20Cl3N. The summed E-state index contributed by atoms with van der Waals surface area (Å²) in [5.41, 5.74) is 7.16. The molecule has 0 bridgehead atoms. The topological polar surface area (TPSA) is 3.24 Å². The molecule has 0 saturated heterocycles. The Hall–Kier alpha value is -0.990. The number of fused-ring (bicyclic) bond motifs is 2. The first kappa shape index (κ1) is 17.4. The molecule has 1 nitrogen and oxygen atoms in total. The van der Waals surface area contributed by atoms with Gasteiger partial charge < -0.3 is 0 Å². The molecule has 0 saturated carbocycles. The average molecular weight is 393 g/mol. The highest BCUT2D eigenvalue weighted by Crippen LogP contribution is 2.39. The second kappa shape index (κ2) is 7.32. The number of benzene rings is 2. The van der Waals surface area contributed by atoms with Crippen LogP contribution in [0.15, 0.2) is 42.0 Å². The highest BCUT2D eigenvalue weighted by molar-refractivity contribution is 6.34. The molecule has 0 radical (unpaired) electrons. The van der Waals surface area contributed by atoms with Crippen LogP contribution in [0, 0.1) is 0 Å². The summed E-state index contributed by atoms with van der Waals surface area (Å²) in [5, 5.41) is 2.28. The second-order valence-corrected chi connectivity index (χ2v) is 8.28. The van der Waals surface area contributed by atoms with Gasteiger partial charge in [-0.1, -0.05) is 40.9 Å². The molecule has 4 rings (SSSR count). The van der Waals surface area contributed by atoms with Crippen LogP contribution in [0.5, 0.6) is 0 Å². The van der Waals surface area contributed by atoms with Crippen molar-refractivity contribution in [1.82, 2.24) is 4.90 Å². The van der Waals surface area contributed by atoms with E-state index in [1.165, 1.54) is 22.3 Å². The Morgan fingerprint density at radius 1 is 0.920 bits per heavy atom. The summed E-state index contributed by atoms with van der Waals surface area (Å²) in [7, 11) is 0. The van der Waals surface area contributed by atoms with Crippen LogP contribution in [0.25, 0.3) is 5.57 Å². The van der Waals surface area contributed by atoms with Crippen molar-refractivity contribution >= 4 is 40.4 Å². The van der Waals surface area contributed by atoms with E-state index in [0.717, 1.165) is 60.4 Å². The maximum absolute atomic E-state index is 6.18. The number of hydrogen-bond acceptors (Lipinski definition) is 1. The van der Waals surface area contributed by atoms with Crippen molar-refractivity contribution in [3.8, 4) is 0 Å². The van der Waals surface area contributed by atoms with Crippen LogP contribution in [0.2, 0.25) is 15.1 Å². The standard InChI is InChI=1S/C21H20Cl3N/c22-17-4-3-15-10-16-13-25(7-5-20(16)21(15)12-17)6-1-2-14-8-18(23)11-19(24)9-14/h3-4,8-9,11-12H,1-2,5-7,10,13H2. The highest BCUT2D eigenvalue weighted by Gasteiger charge is 2.26. The van der Waals surface area contributed by atoms with Crippen molar-refractivity contribution in [2.45, 2.75) is 25.7 Å². The Balaban J connectivity index is 1.35. The molecule has 1 heterocycles. The van der Waals surface area contributed by atoms with E-state index in [1.807, 2.05) is 18.2 Å². The molecule has 2 aliphatic rings. The number of nitrogens with zero attached hydrogens (tertiary/aromatic N) is 1. The minimum atomic E-state index is 0.720. The fourth-order valence-corrected chi connectivity index (χ4v) is 4.79. The summed E-state index contributed by atoms with van der Waals surface area (Å²) in [4.78, 5) is 2.57. The average Bonchev–Trinajstić information content (AvgIpc) is 2.91. The van der Waals surface area contributed by atoms with E-state index < -0.39 is 0 Å². The molecule has 2 aromatic rings. The lowest BCUT2D eigenvalue weighted by atomic mass is 9.99. The van der Waals surface area contributed by atoms with Crippen molar-refractivity contribution in [1.29, 1.82) is 0 Å². The first-order valence-corrected chi connectivity index (χ1v) is 9.89. The summed E-state index contributed by atoms with van der Waals surface area (Å²) in [5.74, 6) is 0. The van der Waals surface area contributed by atoms with Gasteiger partial charge in [0.05, 0.1) is 0 Å². The fraction of sp³-hybridized carbons (Fsp3) is 0.333. The molecule has 0 amide bonds. The summed E-state index contributed by atoms with van der Waals surface area (Å²) in [6, 6.07) is 12.1. The number of aryl methyl sites for hydroxylation is 1. The Bertz CT molecular complexity index is 821. The third kappa shape index (κ3) is 3.90. The molecule has 1 aliphatic carbocycles. The van der Waals surface area contributed by atoms with Gasteiger partial charge in [0.1, 0.15) is 0 Å². The maximum Gasteiger partial charge on any atom is 0.0423 e. The van der Waals surface area contributed by atoms with Crippen molar-refractivity contribution < 1.29 is 0 Å². The minimum absolute atomic E-state index is 0.720. The van der Waals surface area contributed by atoms with Gasteiger partial charge in [-0.05, 0) is 90.4 Å². The summed E-state index contributed by atoms with van der Waals surface area (Å²) >= 11 is 18.3. The summed E-state index contributed by atoms with van der Waals surface area (Å²) in [6.45, 7) is 3.32. The van der Waals surface area contributed by atoms with Crippen molar-refractivity contribution in [2.24, 2.45) is 0 Å². The molecule has 0 unspecified atom stereocenters. The molecule has 0 aromatic heterocycles. The predicted molar refractivity (Wildman–Crippen MR) is 108 cm³/mol. The minimum Gasteiger partial charge on any atom is -0.299 e. The van der Waals surface area contributed by atoms with E-state index >= 15 is 0 Å². The maximum atomic E-state index is 6.18. The van der Waals surface area contributed by atoms with Gasteiger partial charge in [-0.25, -0.2) is 0 Å². The monoisotopic (exact) mass is 391 g/mol. The van der Waals surface area contributed by atoms with Crippen LogP contribution in [-0.2, 0) is 12.8 Å². The van der Waals surface area contributed by atoms with E-state index in [9.17, 15) is 0 Å². The van der Waals surface area contributed by atoms with Gasteiger partial charge in [-0.2, -0.15) is 0 Å². The van der Waals surface area contributed by atoms with Crippen LogP contribution in [0.1, 0.15) is 29.5 Å². The zero-order valence-electron chi connectivity index (χ0n) is 14.0. The zero-order valence-corrected chi connectivity index (χ0v) is 16.3. The number of hydrogen-bond donors (Lipinski definition) is 0. The Labute approximate surface area is 164 Å². The Morgan fingerprint density at radius 2 is 1.72 bits per heavy atom. The Morgan fingerprint density at radius 3 is 2.52 bits per heavy atom. The molecule has 130 valence electrons. The molecule has 2 aromatic carbocycles. The van der Waals surface area contributed by atoms with Crippen LogP contribution in [0.3, 0.4) is 0 Å². The highest BCUT2D eigenvalue weighted by atomic mass is 35.5. The third-order valence-corrected chi connectivity index (χ3v) is 5.85. The molecule has 1 aliphatic heterocycles. The van der Waals surface area contributed by atoms with Gasteiger partial charge in [0.15, 0.2) is 0 Å². The molecule has 25 heavy (non-hydrogen) atoms. The van der Waals surface area contributed by atoms with E-state index in [2.05, 4.69) is 17.0 Å². The first-order chi connectivity index (χ1) is 12.1. The van der Waals surface area contributed by atoms with Crippen molar-refractivity contribution in [3.63, 3.8) is 0 Å². The first-order valence-electron chi connectivity index (χ1n) is 8.75. The van der Waals surface area contributed by atoms with Crippen molar-refractivity contribution in [2.75, 3.05) is 19.6 Å². The molecule has 0 spiro atoms. The molecule has 0 fully saturated rings. The lowest BCUT2D eigenvalue weighted by molar-refractivity contribution is 0.289. The fourth-order valence-electron chi connectivity index (χ4n) is 4.05.